The van der Waals surface area contributed by atoms with E-state index in [-0.39, 0.29) is 23.8 Å². The number of carbonyl (C=O) groups excluding carboxylic acids is 3. The average molecular weight is 361 g/mol. The molecule has 3 saturated heterocycles. The maximum absolute atomic E-state index is 13.2. The fourth-order valence-corrected chi connectivity index (χ4v) is 4.66. The molecule has 4 heterocycles. The summed E-state index contributed by atoms with van der Waals surface area (Å²) in [7, 11) is 0. The third-order valence-electron chi connectivity index (χ3n) is 6.06. The van der Waals surface area contributed by atoms with Gasteiger partial charge in [-0.1, -0.05) is 26.0 Å². The Morgan fingerprint density at radius 2 is 2.19 bits per heavy atom. The van der Waals surface area contributed by atoms with E-state index in [1.807, 2.05) is 17.1 Å². The minimum absolute atomic E-state index is 0.0299. The zero-order valence-corrected chi connectivity index (χ0v) is 15.4. The normalized spacial score (nSPS) is 35.9. The van der Waals surface area contributed by atoms with Crippen LogP contribution in [-0.2, 0) is 19.1 Å². The summed E-state index contributed by atoms with van der Waals surface area (Å²) >= 11 is 0. The summed E-state index contributed by atoms with van der Waals surface area (Å²) in [6.07, 6.45) is 4.87. The molecule has 1 N–H and O–H groups in total. The van der Waals surface area contributed by atoms with E-state index in [0.717, 1.165) is 6.42 Å². The van der Waals surface area contributed by atoms with E-state index in [4.69, 9.17) is 4.74 Å². The summed E-state index contributed by atoms with van der Waals surface area (Å²) in [6.45, 7) is 6.89. The average Bonchev–Trinajstić information content (AvgIpc) is 3.17. The molecule has 4 rings (SSSR count). The summed E-state index contributed by atoms with van der Waals surface area (Å²) < 4.78 is 6.16. The second-order valence-corrected chi connectivity index (χ2v) is 8.27. The van der Waals surface area contributed by atoms with Gasteiger partial charge in [-0.15, -0.1) is 0 Å². The van der Waals surface area contributed by atoms with Crippen molar-refractivity contribution in [3.05, 3.63) is 12.2 Å². The summed E-state index contributed by atoms with van der Waals surface area (Å²) in [6, 6.07) is 0. The van der Waals surface area contributed by atoms with E-state index in [1.54, 1.807) is 4.90 Å². The molecule has 0 aliphatic carbocycles. The molecule has 0 aromatic carbocycles. The molecule has 7 nitrogen and oxygen atoms in total. The fraction of sp³-hybridized carbons (Fsp3) is 0.737. The number of amides is 3. The smallest absolute Gasteiger partial charge is 0.230 e. The van der Waals surface area contributed by atoms with Crippen LogP contribution in [0.15, 0.2) is 12.2 Å². The van der Waals surface area contributed by atoms with Gasteiger partial charge < -0.3 is 19.9 Å². The van der Waals surface area contributed by atoms with Gasteiger partial charge >= 0.3 is 0 Å². The predicted octanol–water partition coefficient (Wildman–Crippen LogP) is 0.163. The molecule has 0 saturated carbocycles. The maximum atomic E-state index is 13.2. The number of likely N-dealkylation sites (tertiary alicyclic amines) is 1. The molecule has 3 fully saturated rings. The van der Waals surface area contributed by atoms with Crippen molar-refractivity contribution in [3.8, 4) is 0 Å². The topological polar surface area (TPSA) is 79.0 Å². The summed E-state index contributed by atoms with van der Waals surface area (Å²) in [5, 5.41) is 2.79. The van der Waals surface area contributed by atoms with Gasteiger partial charge in [0.2, 0.25) is 17.7 Å². The van der Waals surface area contributed by atoms with Gasteiger partial charge in [0.1, 0.15) is 5.60 Å². The van der Waals surface area contributed by atoms with Crippen LogP contribution in [0.4, 0.5) is 0 Å². The summed E-state index contributed by atoms with van der Waals surface area (Å²) in [5.74, 6) is -0.416. The highest BCUT2D eigenvalue weighted by atomic mass is 16.5. The monoisotopic (exact) mass is 361 g/mol. The van der Waals surface area contributed by atoms with Crippen molar-refractivity contribution >= 4 is 17.7 Å². The van der Waals surface area contributed by atoms with Gasteiger partial charge in [-0.05, 0) is 12.3 Å². The summed E-state index contributed by atoms with van der Waals surface area (Å²) in [4.78, 5) is 41.4. The van der Waals surface area contributed by atoms with Crippen molar-refractivity contribution in [2.45, 2.75) is 38.4 Å². The molecule has 0 radical (unpaired) electrons. The van der Waals surface area contributed by atoms with Gasteiger partial charge in [-0.2, -0.15) is 0 Å². The highest BCUT2D eigenvalue weighted by Gasteiger charge is 2.67. The largest absolute Gasteiger partial charge is 0.360 e. The van der Waals surface area contributed by atoms with Crippen molar-refractivity contribution in [2.24, 2.45) is 17.8 Å². The molecular weight excluding hydrogens is 334 g/mol. The standard InChI is InChI=1S/C19H27N3O4/c1-12(2)4-8-22-11-19-6-3-13(26-19)15(16(19)18(22)25)17(24)21-9-5-14(23)20-7-10-21/h3,6,12-13,15-16H,4-5,7-11H2,1-2H3,(H,20,23)/t13-,15-,16+,19-/m0/s1. The van der Waals surface area contributed by atoms with Gasteiger partial charge in [0.15, 0.2) is 0 Å². The zero-order valence-electron chi connectivity index (χ0n) is 15.4. The Kier molecular flexibility index (Phi) is 4.29. The summed E-state index contributed by atoms with van der Waals surface area (Å²) in [5.41, 5.74) is -0.640. The van der Waals surface area contributed by atoms with Crippen molar-refractivity contribution in [2.75, 3.05) is 32.7 Å². The number of nitrogens with one attached hydrogen (secondary N) is 1. The third-order valence-corrected chi connectivity index (χ3v) is 6.06. The van der Waals surface area contributed by atoms with Gasteiger partial charge in [0.05, 0.1) is 24.5 Å². The van der Waals surface area contributed by atoms with Crippen LogP contribution in [-0.4, -0.2) is 72.0 Å². The Bertz CT molecular complexity index is 661. The molecule has 4 aliphatic rings. The van der Waals surface area contributed by atoms with Crippen LogP contribution in [0, 0.1) is 17.8 Å². The van der Waals surface area contributed by atoms with Crippen LogP contribution in [0.5, 0.6) is 0 Å². The molecule has 0 aromatic heterocycles. The molecule has 7 heteroatoms. The lowest BCUT2D eigenvalue weighted by atomic mass is 9.76. The number of hydrogen-bond acceptors (Lipinski definition) is 4. The molecular formula is C19H27N3O4. The minimum Gasteiger partial charge on any atom is -0.360 e. The van der Waals surface area contributed by atoms with Gasteiger partial charge in [-0.3, -0.25) is 14.4 Å². The molecule has 0 unspecified atom stereocenters. The Balaban J connectivity index is 1.53. The van der Waals surface area contributed by atoms with Crippen molar-refractivity contribution < 1.29 is 19.1 Å². The van der Waals surface area contributed by atoms with E-state index in [0.29, 0.717) is 45.1 Å². The molecule has 1 spiro atoms. The lowest BCUT2D eigenvalue weighted by Gasteiger charge is -2.29. The second-order valence-electron chi connectivity index (χ2n) is 8.27. The van der Waals surface area contributed by atoms with E-state index >= 15 is 0 Å². The maximum Gasteiger partial charge on any atom is 0.230 e. The Morgan fingerprint density at radius 1 is 1.38 bits per heavy atom. The van der Waals surface area contributed by atoms with Crippen LogP contribution in [0.2, 0.25) is 0 Å². The SMILES string of the molecule is CC(C)CCN1C[C@]23C=C[C@H](O2)[C@H](C(=O)N2CCNC(=O)CC2)[C@@H]3C1=O. The molecule has 4 aliphatic heterocycles. The first-order valence-electron chi connectivity index (χ1n) is 9.63. The van der Waals surface area contributed by atoms with E-state index < -0.39 is 17.4 Å². The number of fused-ring (bicyclic) bond motifs is 1. The van der Waals surface area contributed by atoms with Crippen LogP contribution in [0.25, 0.3) is 0 Å². The lowest BCUT2D eigenvalue weighted by Crippen LogP contribution is -2.47. The van der Waals surface area contributed by atoms with Gasteiger partial charge in [-0.25, -0.2) is 0 Å². The third kappa shape index (κ3) is 2.73. The van der Waals surface area contributed by atoms with Crippen molar-refractivity contribution in [1.82, 2.24) is 15.1 Å². The highest BCUT2D eigenvalue weighted by molar-refractivity contribution is 5.93. The first-order valence-corrected chi connectivity index (χ1v) is 9.63. The zero-order chi connectivity index (χ0) is 18.5. The minimum atomic E-state index is -0.640. The van der Waals surface area contributed by atoms with Gasteiger partial charge in [0.25, 0.3) is 0 Å². The number of hydrogen-bond donors (Lipinski definition) is 1. The van der Waals surface area contributed by atoms with E-state index in [9.17, 15) is 14.4 Å². The van der Waals surface area contributed by atoms with Crippen molar-refractivity contribution in [3.63, 3.8) is 0 Å². The number of nitrogens with zero attached hydrogens (tertiary/aromatic N) is 2. The van der Waals surface area contributed by atoms with Crippen LogP contribution >= 0.6 is 0 Å². The van der Waals surface area contributed by atoms with Crippen molar-refractivity contribution in [1.29, 1.82) is 0 Å². The molecule has 2 bridgehead atoms. The second kappa shape index (κ2) is 6.37. The fourth-order valence-electron chi connectivity index (χ4n) is 4.66. The Morgan fingerprint density at radius 3 is 2.96 bits per heavy atom. The number of rotatable bonds is 4. The molecule has 4 atom stereocenters. The van der Waals surface area contributed by atoms with E-state index in [2.05, 4.69) is 19.2 Å². The van der Waals surface area contributed by atoms with Gasteiger partial charge in [0, 0.05) is 32.6 Å². The number of carbonyl (C=O) groups is 3. The highest BCUT2D eigenvalue weighted by Crippen LogP contribution is 2.52. The Labute approximate surface area is 153 Å². The van der Waals surface area contributed by atoms with Crippen LogP contribution in [0.1, 0.15) is 26.7 Å². The first-order chi connectivity index (χ1) is 12.4. The number of ether oxygens (including phenoxy) is 1. The Hall–Kier alpha value is -1.89. The first kappa shape index (κ1) is 17.5. The molecule has 26 heavy (non-hydrogen) atoms. The quantitative estimate of drug-likeness (QED) is 0.724. The molecule has 3 amide bonds. The molecule has 0 aromatic rings. The molecule has 142 valence electrons. The van der Waals surface area contributed by atoms with Crippen LogP contribution < -0.4 is 5.32 Å². The lowest BCUT2D eigenvalue weighted by molar-refractivity contribution is -0.143. The van der Waals surface area contributed by atoms with Crippen LogP contribution in [0.3, 0.4) is 0 Å². The predicted molar refractivity (Wildman–Crippen MR) is 94.0 cm³/mol. The van der Waals surface area contributed by atoms with E-state index in [1.165, 1.54) is 0 Å².